The van der Waals surface area contributed by atoms with Crippen molar-refractivity contribution in [1.29, 1.82) is 0 Å². The Balaban J connectivity index is 2.22. The SMILES string of the molecule is CN(CCO)CCc1nc(-c2ccc(N)cc2)c(C(=O)O)s1. The molecule has 0 unspecified atom stereocenters. The van der Waals surface area contributed by atoms with E-state index in [4.69, 9.17) is 10.8 Å². The highest BCUT2D eigenvalue weighted by Gasteiger charge is 2.18. The van der Waals surface area contributed by atoms with Crippen LogP contribution in [0.4, 0.5) is 5.69 Å². The fourth-order valence-electron chi connectivity index (χ4n) is 2.02. The molecule has 0 radical (unpaired) electrons. The predicted octanol–water partition coefficient (Wildman–Crippen LogP) is 1.56. The average Bonchev–Trinajstić information content (AvgIpc) is 2.91. The second-order valence-electron chi connectivity index (χ2n) is 4.99. The van der Waals surface area contributed by atoms with E-state index in [1.165, 1.54) is 11.3 Å². The number of hydrogen-bond acceptors (Lipinski definition) is 6. The van der Waals surface area contributed by atoms with Crippen molar-refractivity contribution in [2.45, 2.75) is 6.42 Å². The molecule has 4 N–H and O–H groups in total. The van der Waals surface area contributed by atoms with Gasteiger partial charge in [-0.05, 0) is 19.2 Å². The Kier molecular flexibility index (Phi) is 5.48. The van der Waals surface area contributed by atoms with Crippen molar-refractivity contribution in [2.75, 3.05) is 32.5 Å². The van der Waals surface area contributed by atoms with Gasteiger partial charge >= 0.3 is 5.97 Å². The fraction of sp³-hybridized carbons (Fsp3) is 0.333. The van der Waals surface area contributed by atoms with Crippen LogP contribution in [0, 0.1) is 0 Å². The minimum absolute atomic E-state index is 0.103. The first-order valence-corrected chi connectivity index (χ1v) is 7.71. The second kappa shape index (κ2) is 7.35. The van der Waals surface area contributed by atoms with Crippen LogP contribution in [-0.2, 0) is 6.42 Å². The lowest BCUT2D eigenvalue weighted by Gasteiger charge is -2.13. The summed E-state index contributed by atoms with van der Waals surface area (Å²) in [6.45, 7) is 1.40. The van der Waals surface area contributed by atoms with Gasteiger partial charge in [0.2, 0.25) is 0 Å². The van der Waals surface area contributed by atoms with Crippen LogP contribution >= 0.6 is 11.3 Å². The molecule has 0 aliphatic heterocycles. The lowest BCUT2D eigenvalue weighted by molar-refractivity contribution is 0.0702. The Morgan fingerprint density at radius 1 is 1.32 bits per heavy atom. The van der Waals surface area contributed by atoms with Crippen LogP contribution < -0.4 is 5.73 Å². The zero-order chi connectivity index (χ0) is 16.1. The number of carboxylic acids is 1. The molecule has 1 aromatic carbocycles. The van der Waals surface area contributed by atoms with Gasteiger partial charge in [-0.3, -0.25) is 0 Å². The molecule has 118 valence electrons. The van der Waals surface area contributed by atoms with Gasteiger partial charge < -0.3 is 20.8 Å². The highest BCUT2D eigenvalue weighted by Crippen LogP contribution is 2.29. The lowest BCUT2D eigenvalue weighted by Crippen LogP contribution is -2.24. The van der Waals surface area contributed by atoms with Crippen molar-refractivity contribution in [2.24, 2.45) is 0 Å². The first-order valence-electron chi connectivity index (χ1n) is 6.89. The van der Waals surface area contributed by atoms with Crippen molar-refractivity contribution < 1.29 is 15.0 Å². The number of aromatic nitrogens is 1. The number of nitrogen functional groups attached to an aromatic ring is 1. The molecule has 0 atom stereocenters. The number of anilines is 1. The van der Waals surface area contributed by atoms with E-state index in [0.29, 0.717) is 30.9 Å². The highest BCUT2D eigenvalue weighted by atomic mass is 32.1. The molecule has 0 aliphatic rings. The Morgan fingerprint density at radius 2 is 2.00 bits per heavy atom. The summed E-state index contributed by atoms with van der Waals surface area (Å²) in [5.41, 5.74) is 7.52. The minimum atomic E-state index is -0.973. The third-order valence-electron chi connectivity index (χ3n) is 3.24. The molecule has 0 amide bonds. The van der Waals surface area contributed by atoms with Crippen LogP contribution in [0.15, 0.2) is 24.3 Å². The molecule has 0 aliphatic carbocycles. The van der Waals surface area contributed by atoms with Gasteiger partial charge in [0, 0.05) is 30.8 Å². The molecular formula is C15H19N3O3S. The van der Waals surface area contributed by atoms with Gasteiger partial charge in [0.1, 0.15) is 4.88 Å². The summed E-state index contributed by atoms with van der Waals surface area (Å²) in [5, 5.41) is 19.0. The van der Waals surface area contributed by atoms with E-state index < -0.39 is 5.97 Å². The maximum atomic E-state index is 11.4. The van der Waals surface area contributed by atoms with Crippen molar-refractivity contribution in [3.8, 4) is 11.3 Å². The van der Waals surface area contributed by atoms with Crippen LogP contribution in [0.3, 0.4) is 0 Å². The van der Waals surface area contributed by atoms with Crippen LogP contribution in [0.1, 0.15) is 14.7 Å². The number of carbonyl (C=O) groups is 1. The summed E-state index contributed by atoms with van der Waals surface area (Å²) < 4.78 is 0. The molecule has 7 heteroatoms. The van der Waals surface area contributed by atoms with Gasteiger partial charge in [-0.15, -0.1) is 11.3 Å². The largest absolute Gasteiger partial charge is 0.477 e. The molecule has 0 saturated heterocycles. The van der Waals surface area contributed by atoms with Gasteiger partial charge in [0.05, 0.1) is 17.3 Å². The van der Waals surface area contributed by atoms with Gasteiger partial charge in [-0.1, -0.05) is 12.1 Å². The summed E-state index contributed by atoms with van der Waals surface area (Å²) in [4.78, 5) is 18.1. The number of aromatic carboxylic acids is 1. The normalized spacial score (nSPS) is 11.0. The van der Waals surface area contributed by atoms with E-state index in [-0.39, 0.29) is 11.5 Å². The number of nitrogens with two attached hydrogens (primary N) is 1. The average molecular weight is 321 g/mol. The monoisotopic (exact) mass is 321 g/mol. The molecule has 0 fully saturated rings. The summed E-state index contributed by atoms with van der Waals surface area (Å²) >= 11 is 1.20. The number of aliphatic hydroxyl groups excluding tert-OH is 1. The van der Waals surface area contributed by atoms with Crippen molar-refractivity contribution in [3.05, 3.63) is 34.2 Å². The Hall–Kier alpha value is -1.96. The Bertz CT molecular complexity index is 640. The van der Waals surface area contributed by atoms with E-state index in [2.05, 4.69) is 4.98 Å². The van der Waals surface area contributed by atoms with Gasteiger partial charge in [-0.2, -0.15) is 0 Å². The first kappa shape index (κ1) is 16.4. The Labute approximate surface area is 132 Å². The molecular weight excluding hydrogens is 302 g/mol. The molecule has 6 nitrogen and oxygen atoms in total. The number of likely N-dealkylation sites (N-methyl/N-ethyl adjacent to an activating group) is 1. The van der Waals surface area contributed by atoms with Gasteiger partial charge in [-0.25, -0.2) is 9.78 Å². The summed E-state index contributed by atoms with van der Waals surface area (Å²) in [5.74, 6) is -0.973. The minimum Gasteiger partial charge on any atom is -0.477 e. The second-order valence-corrected chi connectivity index (χ2v) is 6.07. The summed E-state index contributed by atoms with van der Waals surface area (Å²) in [6.07, 6.45) is 0.649. The van der Waals surface area contributed by atoms with Crippen LogP contribution in [0.2, 0.25) is 0 Å². The van der Waals surface area contributed by atoms with E-state index in [1.807, 2.05) is 11.9 Å². The molecule has 0 spiro atoms. The van der Waals surface area contributed by atoms with Crippen molar-refractivity contribution >= 4 is 23.0 Å². The first-order chi connectivity index (χ1) is 10.5. The predicted molar refractivity (Wildman–Crippen MR) is 87.2 cm³/mol. The maximum Gasteiger partial charge on any atom is 0.348 e. The van der Waals surface area contributed by atoms with Gasteiger partial charge in [0.25, 0.3) is 0 Å². The molecule has 1 heterocycles. The number of nitrogens with zero attached hydrogens (tertiary/aromatic N) is 2. The number of carboxylic acid groups (broad SMARTS) is 1. The van der Waals surface area contributed by atoms with E-state index in [1.54, 1.807) is 24.3 Å². The number of benzene rings is 1. The maximum absolute atomic E-state index is 11.4. The molecule has 2 aromatic rings. The number of hydrogen-bond donors (Lipinski definition) is 3. The smallest absolute Gasteiger partial charge is 0.348 e. The zero-order valence-electron chi connectivity index (χ0n) is 12.3. The standard InChI is InChI=1S/C15H19N3O3S/c1-18(8-9-19)7-6-12-17-13(14(22-12)15(20)21)10-2-4-11(16)5-3-10/h2-5,19H,6-9,16H2,1H3,(H,20,21). The quantitative estimate of drug-likeness (QED) is 0.669. The van der Waals surface area contributed by atoms with Gasteiger partial charge in [0.15, 0.2) is 0 Å². The van der Waals surface area contributed by atoms with Crippen molar-refractivity contribution in [3.63, 3.8) is 0 Å². The molecule has 22 heavy (non-hydrogen) atoms. The molecule has 0 bridgehead atoms. The van der Waals surface area contributed by atoms with E-state index in [9.17, 15) is 9.90 Å². The third-order valence-corrected chi connectivity index (χ3v) is 4.34. The topological polar surface area (TPSA) is 99.7 Å². The summed E-state index contributed by atoms with van der Waals surface area (Å²) in [6, 6.07) is 7.01. The van der Waals surface area contributed by atoms with E-state index >= 15 is 0 Å². The number of aliphatic hydroxyl groups is 1. The fourth-order valence-corrected chi connectivity index (χ4v) is 2.94. The number of rotatable bonds is 7. The molecule has 0 saturated carbocycles. The lowest BCUT2D eigenvalue weighted by atomic mass is 10.1. The van der Waals surface area contributed by atoms with Crippen molar-refractivity contribution in [1.82, 2.24) is 9.88 Å². The third kappa shape index (κ3) is 4.03. The molecule has 2 rings (SSSR count). The summed E-state index contributed by atoms with van der Waals surface area (Å²) in [7, 11) is 1.91. The van der Waals surface area contributed by atoms with Crippen LogP contribution in [0.5, 0.6) is 0 Å². The van der Waals surface area contributed by atoms with Crippen LogP contribution in [0.25, 0.3) is 11.3 Å². The molecule has 1 aromatic heterocycles. The Morgan fingerprint density at radius 3 is 2.59 bits per heavy atom. The zero-order valence-corrected chi connectivity index (χ0v) is 13.1. The number of thiazole rings is 1. The highest BCUT2D eigenvalue weighted by molar-refractivity contribution is 7.14. The van der Waals surface area contributed by atoms with Crippen LogP contribution in [-0.4, -0.2) is 52.8 Å². The van der Waals surface area contributed by atoms with E-state index in [0.717, 1.165) is 10.6 Å².